The highest BCUT2D eigenvalue weighted by molar-refractivity contribution is 5.99. The van der Waals surface area contributed by atoms with E-state index in [0.29, 0.717) is 0 Å². The highest BCUT2D eigenvalue weighted by Gasteiger charge is 2.23. The molecule has 4 N–H and O–H groups in total. The summed E-state index contributed by atoms with van der Waals surface area (Å²) >= 11 is 0. The van der Waals surface area contributed by atoms with Gasteiger partial charge in [-0.05, 0) is 12.1 Å². The predicted octanol–water partition coefficient (Wildman–Crippen LogP) is 0.695. The number of nitrogens with one attached hydrogen (secondary N) is 1. The minimum absolute atomic E-state index is 0.236. The van der Waals surface area contributed by atoms with Gasteiger partial charge in [0.05, 0.1) is 5.56 Å². The van der Waals surface area contributed by atoms with Crippen molar-refractivity contribution in [3.8, 4) is 5.75 Å². The Balaban J connectivity index is 2.89. The molecule has 1 rings (SSSR count). The van der Waals surface area contributed by atoms with Gasteiger partial charge in [-0.3, -0.25) is 4.79 Å². The van der Waals surface area contributed by atoms with Gasteiger partial charge in [0.25, 0.3) is 5.91 Å². The van der Waals surface area contributed by atoms with Gasteiger partial charge in [0.1, 0.15) is 5.75 Å². The molecule has 0 aliphatic heterocycles. The van der Waals surface area contributed by atoms with Crippen molar-refractivity contribution in [1.29, 1.82) is 0 Å². The average Bonchev–Trinajstić information content (AvgIpc) is 2.25. The zero-order valence-corrected chi connectivity index (χ0v) is 8.32. The van der Waals surface area contributed by atoms with Gasteiger partial charge in [-0.2, -0.15) is 0 Å². The smallest absolute Gasteiger partial charge is 0.436 e. The van der Waals surface area contributed by atoms with Crippen LogP contribution < -0.4 is 5.43 Å². The van der Waals surface area contributed by atoms with E-state index in [1.807, 2.05) is 0 Å². The first kappa shape index (κ1) is 12.3. The molecule has 0 fully saturated rings. The van der Waals surface area contributed by atoms with E-state index in [1.54, 1.807) is 5.43 Å². The first-order valence-electron chi connectivity index (χ1n) is 4.28. The lowest BCUT2D eigenvalue weighted by Gasteiger charge is -2.14. The monoisotopic (exact) mass is 240 g/mol. The zero-order chi connectivity index (χ0) is 13.0. The predicted molar refractivity (Wildman–Crippen MR) is 53.5 cm³/mol. The van der Waals surface area contributed by atoms with Crippen LogP contribution in [-0.4, -0.2) is 38.4 Å². The molecule has 0 spiro atoms. The number of carboxylic acid groups (broad SMARTS) is 2. The molecule has 0 unspecified atom stereocenters. The number of benzene rings is 1. The van der Waals surface area contributed by atoms with E-state index in [0.717, 1.165) is 0 Å². The Morgan fingerprint density at radius 3 is 2.06 bits per heavy atom. The molecule has 0 saturated carbocycles. The number of aromatic hydroxyl groups is 1. The molecule has 17 heavy (non-hydrogen) atoms. The second kappa shape index (κ2) is 4.84. The van der Waals surface area contributed by atoms with Crippen LogP contribution in [0.15, 0.2) is 24.3 Å². The number of para-hydroxylation sites is 1. The summed E-state index contributed by atoms with van der Waals surface area (Å²) < 4.78 is 0. The van der Waals surface area contributed by atoms with Crippen molar-refractivity contribution in [3.05, 3.63) is 29.8 Å². The third kappa shape index (κ3) is 2.84. The number of hydrogen-bond donors (Lipinski definition) is 4. The Morgan fingerprint density at radius 1 is 1.06 bits per heavy atom. The lowest BCUT2D eigenvalue weighted by molar-refractivity contribution is 0.0726. The van der Waals surface area contributed by atoms with Gasteiger partial charge >= 0.3 is 12.2 Å². The number of hydrogen-bond acceptors (Lipinski definition) is 4. The van der Waals surface area contributed by atoms with E-state index in [2.05, 4.69) is 0 Å². The van der Waals surface area contributed by atoms with E-state index >= 15 is 0 Å². The van der Waals surface area contributed by atoms with Crippen molar-refractivity contribution in [1.82, 2.24) is 10.4 Å². The molecule has 0 aliphatic rings. The molecule has 3 amide bonds. The van der Waals surface area contributed by atoms with Crippen molar-refractivity contribution < 1.29 is 29.7 Å². The molecule has 0 bridgehead atoms. The maximum Gasteiger partial charge on any atom is 0.436 e. The molecule has 0 aliphatic carbocycles. The van der Waals surface area contributed by atoms with Crippen LogP contribution in [0.1, 0.15) is 10.4 Å². The summed E-state index contributed by atoms with van der Waals surface area (Å²) in [5.41, 5.74) is 1.37. The molecule has 8 heteroatoms. The minimum atomic E-state index is -1.86. The highest BCUT2D eigenvalue weighted by atomic mass is 16.4. The molecule has 0 atom stereocenters. The van der Waals surface area contributed by atoms with Crippen molar-refractivity contribution in [3.63, 3.8) is 0 Å². The second-order valence-electron chi connectivity index (χ2n) is 2.86. The van der Waals surface area contributed by atoms with Gasteiger partial charge in [-0.1, -0.05) is 12.1 Å². The van der Waals surface area contributed by atoms with Crippen LogP contribution in [0, 0.1) is 0 Å². The Kier molecular flexibility index (Phi) is 3.50. The quantitative estimate of drug-likeness (QED) is 0.535. The molecule has 8 nitrogen and oxygen atoms in total. The van der Waals surface area contributed by atoms with Crippen molar-refractivity contribution in [2.24, 2.45) is 0 Å². The first-order valence-corrected chi connectivity index (χ1v) is 4.28. The van der Waals surface area contributed by atoms with Crippen molar-refractivity contribution >= 4 is 18.1 Å². The van der Waals surface area contributed by atoms with Crippen molar-refractivity contribution in [2.75, 3.05) is 0 Å². The second-order valence-corrected chi connectivity index (χ2v) is 2.86. The highest BCUT2D eigenvalue weighted by Crippen LogP contribution is 2.15. The van der Waals surface area contributed by atoms with Gasteiger partial charge in [0, 0.05) is 0 Å². The Labute approximate surface area is 94.7 Å². The summed E-state index contributed by atoms with van der Waals surface area (Å²) in [5, 5.41) is 25.9. The fourth-order valence-electron chi connectivity index (χ4n) is 1.00. The molecule has 1 aromatic carbocycles. The van der Waals surface area contributed by atoms with Crippen molar-refractivity contribution in [2.45, 2.75) is 0 Å². The van der Waals surface area contributed by atoms with Crippen LogP contribution >= 0.6 is 0 Å². The van der Waals surface area contributed by atoms with Crippen LogP contribution in [0.3, 0.4) is 0 Å². The summed E-state index contributed by atoms with van der Waals surface area (Å²) in [6.07, 6.45) is -3.72. The van der Waals surface area contributed by atoms with E-state index < -0.39 is 18.1 Å². The molecule has 0 saturated heterocycles. The minimum Gasteiger partial charge on any atom is -0.507 e. The summed E-state index contributed by atoms with van der Waals surface area (Å²) in [6.45, 7) is 0. The standard InChI is InChI=1S/C9H8N2O6/c12-6-4-2-1-3-5(6)7(13)10-11(8(14)15)9(16)17/h1-4,12H,(H,10,13)(H,14,15)(H,16,17). The van der Waals surface area contributed by atoms with E-state index in [4.69, 9.17) is 10.2 Å². The third-order valence-electron chi connectivity index (χ3n) is 1.74. The molecule has 0 heterocycles. The Hall–Kier alpha value is -2.77. The van der Waals surface area contributed by atoms with E-state index in [-0.39, 0.29) is 16.3 Å². The van der Waals surface area contributed by atoms with Gasteiger partial charge in [-0.25, -0.2) is 15.0 Å². The summed E-state index contributed by atoms with van der Waals surface area (Å²) in [7, 11) is 0. The summed E-state index contributed by atoms with van der Waals surface area (Å²) in [6, 6.07) is 5.31. The molecular weight excluding hydrogens is 232 g/mol. The SMILES string of the molecule is O=C(NN(C(=O)O)C(=O)O)c1ccccc1O. The topological polar surface area (TPSA) is 127 Å². The number of rotatable bonds is 1. The van der Waals surface area contributed by atoms with Crippen LogP contribution in [-0.2, 0) is 0 Å². The average molecular weight is 240 g/mol. The van der Waals surface area contributed by atoms with Gasteiger partial charge in [0.2, 0.25) is 0 Å². The Bertz CT molecular complexity index is 458. The number of amides is 3. The zero-order valence-electron chi connectivity index (χ0n) is 8.32. The lowest BCUT2D eigenvalue weighted by atomic mass is 10.2. The number of carbonyl (C=O) groups excluding carboxylic acids is 1. The summed E-state index contributed by atoms with van der Waals surface area (Å²) in [5.74, 6) is -1.44. The third-order valence-corrected chi connectivity index (χ3v) is 1.74. The molecule has 90 valence electrons. The van der Waals surface area contributed by atoms with Gasteiger partial charge in [-0.15, -0.1) is 5.01 Å². The van der Waals surface area contributed by atoms with Crippen LogP contribution in [0.5, 0.6) is 5.75 Å². The molecule has 0 aromatic heterocycles. The molecule has 0 radical (unpaired) electrons. The fraction of sp³-hybridized carbons (Fsp3) is 0. The van der Waals surface area contributed by atoms with Crippen LogP contribution in [0.25, 0.3) is 0 Å². The fourth-order valence-corrected chi connectivity index (χ4v) is 1.00. The first-order chi connectivity index (χ1) is 7.93. The van der Waals surface area contributed by atoms with Gasteiger partial charge < -0.3 is 15.3 Å². The number of carbonyl (C=O) groups is 3. The largest absolute Gasteiger partial charge is 0.507 e. The van der Waals surface area contributed by atoms with E-state index in [1.165, 1.54) is 24.3 Å². The Morgan fingerprint density at radius 2 is 1.59 bits per heavy atom. The number of nitrogens with zero attached hydrogens (tertiary/aromatic N) is 1. The maximum atomic E-state index is 11.4. The number of phenols is 1. The number of hydrazine groups is 1. The lowest BCUT2D eigenvalue weighted by Crippen LogP contribution is -2.48. The van der Waals surface area contributed by atoms with E-state index in [9.17, 15) is 19.5 Å². The maximum absolute atomic E-state index is 11.4. The molecule has 1 aromatic rings. The normalized spacial score (nSPS) is 9.41. The number of imide groups is 1. The summed E-state index contributed by atoms with van der Waals surface area (Å²) in [4.78, 5) is 32.4. The van der Waals surface area contributed by atoms with Crippen LogP contribution in [0.4, 0.5) is 9.59 Å². The number of phenolic OH excluding ortho intramolecular Hbond substituents is 1. The molecular formula is C9H8N2O6. The van der Waals surface area contributed by atoms with Crippen LogP contribution in [0.2, 0.25) is 0 Å². The van der Waals surface area contributed by atoms with Gasteiger partial charge in [0.15, 0.2) is 0 Å².